The van der Waals surface area contributed by atoms with E-state index in [1.807, 2.05) is 111 Å². The lowest BCUT2D eigenvalue weighted by Crippen LogP contribution is -2.34. The number of carbonyl (C=O) groups excluding carboxylic acids is 2. The molecule has 1 heterocycles. The lowest BCUT2D eigenvalue weighted by Gasteiger charge is -2.31. The molecule has 0 unspecified atom stereocenters. The van der Waals surface area contributed by atoms with Crippen LogP contribution in [0.2, 0.25) is 0 Å². The SMILES string of the molecule is CCOc1ccc(CCNC(=O)c2ccc3c(c2)N(Cc2cccc(C)c2)C(=O)C(=Cc2ccccc2)S3)cc1. The number of hydrogen-bond acceptors (Lipinski definition) is 4. The third-order valence-electron chi connectivity index (χ3n) is 6.64. The highest BCUT2D eigenvalue weighted by molar-refractivity contribution is 8.04. The smallest absolute Gasteiger partial charge is 0.265 e. The molecule has 0 aromatic heterocycles. The summed E-state index contributed by atoms with van der Waals surface area (Å²) >= 11 is 1.45. The number of hydrogen-bond donors (Lipinski definition) is 1. The molecule has 0 radical (unpaired) electrons. The van der Waals surface area contributed by atoms with E-state index in [0.717, 1.165) is 38.6 Å². The van der Waals surface area contributed by atoms with Crippen molar-refractivity contribution in [1.29, 1.82) is 0 Å². The number of anilines is 1. The van der Waals surface area contributed by atoms with Crippen LogP contribution in [-0.4, -0.2) is 25.0 Å². The maximum absolute atomic E-state index is 13.8. The van der Waals surface area contributed by atoms with E-state index in [0.29, 0.717) is 36.6 Å². The van der Waals surface area contributed by atoms with Gasteiger partial charge in [0.2, 0.25) is 0 Å². The Bertz CT molecular complexity index is 1530. The predicted octanol–water partition coefficient (Wildman–Crippen LogP) is 7.05. The highest BCUT2D eigenvalue weighted by atomic mass is 32.2. The van der Waals surface area contributed by atoms with Crippen molar-refractivity contribution in [2.75, 3.05) is 18.1 Å². The molecular formula is C34H32N2O3S. The summed E-state index contributed by atoms with van der Waals surface area (Å²) in [7, 11) is 0. The first-order valence-electron chi connectivity index (χ1n) is 13.5. The Balaban J connectivity index is 1.36. The number of aryl methyl sites for hydroxylation is 1. The molecule has 0 spiro atoms. The van der Waals surface area contributed by atoms with Gasteiger partial charge in [-0.2, -0.15) is 0 Å². The van der Waals surface area contributed by atoms with Gasteiger partial charge in [0.15, 0.2) is 0 Å². The van der Waals surface area contributed by atoms with Gasteiger partial charge in [-0.1, -0.05) is 84.1 Å². The molecular weight excluding hydrogens is 516 g/mol. The summed E-state index contributed by atoms with van der Waals surface area (Å²) in [5.74, 6) is 0.608. The van der Waals surface area contributed by atoms with Gasteiger partial charge in [-0.15, -0.1) is 0 Å². The minimum Gasteiger partial charge on any atom is -0.494 e. The largest absolute Gasteiger partial charge is 0.494 e. The molecule has 5 rings (SSSR count). The fraction of sp³-hybridized carbons (Fsp3) is 0.176. The zero-order chi connectivity index (χ0) is 27.9. The summed E-state index contributed by atoms with van der Waals surface area (Å²) in [6.45, 7) is 5.56. The molecule has 0 bridgehead atoms. The van der Waals surface area contributed by atoms with Gasteiger partial charge in [0.05, 0.1) is 23.7 Å². The number of carbonyl (C=O) groups is 2. The highest BCUT2D eigenvalue weighted by Crippen LogP contribution is 2.43. The van der Waals surface area contributed by atoms with E-state index in [9.17, 15) is 9.59 Å². The Morgan fingerprint density at radius 3 is 2.48 bits per heavy atom. The summed E-state index contributed by atoms with van der Waals surface area (Å²) in [4.78, 5) is 30.3. The van der Waals surface area contributed by atoms with Gasteiger partial charge in [0, 0.05) is 17.0 Å². The van der Waals surface area contributed by atoms with Crippen molar-refractivity contribution in [2.24, 2.45) is 0 Å². The van der Waals surface area contributed by atoms with E-state index in [2.05, 4.69) is 11.4 Å². The van der Waals surface area contributed by atoms with Crippen LogP contribution in [0.15, 0.2) is 107 Å². The van der Waals surface area contributed by atoms with Crippen LogP contribution >= 0.6 is 11.8 Å². The zero-order valence-corrected chi connectivity index (χ0v) is 23.5. The standard InChI is InChI=1S/C34H32N2O3S/c1-3-39-29-15-12-25(13-16-29)18-19-35-33(37)28-14-17-31-30(22-28)36(23-27-11-7-8-24(2)20-27)34(38)32(40-31)21-26-9-5-4-6-10-26/h4-17,20-22H,3,18-19,23H2,1-2H3,(H,35,37). The fourth-order valence-electron chi connectivity index (χ4n) is 4.64. The lowest BCUT2D eigenvalue weighted by atomic mass is 10.1. The average molecular weight is 549 g/mol. The Morgan fingerprint density at radius 2 is 1.73 bits per heavy atom. The number of ether oxygens (including phenoxy) is 1. The second-order valence-corrected chi connectivity index (χ2v) is 10.8. The zero-order valence-electron chi connectivity index (χ0n) is 22.7. The molecule has 0 saturated carbocycles. The van der Waals surface area contributed by atoms with E-state index < -0.39 is 0 Å². The Labute approximate surface area is 239 Å². The van der Waals surface area contributed by atoms with Crippen LogP contribution in [0.4, 0.5) is 5.69 Å². The van der Waals surface area contributed by atoms with Crippen LogP contribution in [-0.2, 0) is 17.8 Å². The van der Waals surface area contributed by atoms with Gasteiger partial charge in [-0.3, -0.25) is 9.59 Å². The molecule has 0 fully saturated rings. The summed E-state index contributed by atoms with van der Waals surface area (Å²) in [5.41, 5.74) is 5.55. The summed E-state index contributed by atoms with van der Waals surface area (Å²) in [6, 6.07) is 31.6. The summed E-state index contributed by atoms with van der Waals surface area (Å²) < 4.78 is 5.50. The van der Waals surface area contributed by atoms with Gasteiger partial charge >= 0.3 is 0 Å². The van der Waals surface area contributed by atoms with Crippen LogP contribution in [0.5, 0.6) is 5.75 Å². The molecule has 5 nitrogen and oxygen atoms in total. The third-order valence-corrected chi connectivity index (χ3v) is 7.72. The molecule has 40 heavy (non-hydrogen) atoms. The maximum Gasteiger partial charge on any atom is 0.265 e. The predicted molar refractivity (Wildman–Crippen MR) is 163 cm³/mol. The first-order valence-corrected chi connectivity index (χ1v) is 14.3. The second kappa shape index (κ2) is 12.7. The van der Waals surface area contributed by atoms with Gasteiger partial charge in [0.25, 0.3) is 11.8 Å². The number of benzene rings is 4. The van der Waals surface area contributed by atoms with Crippen molar-refractivity contribution in [2.45, 2.75) is 31.7 Å². The minimum absolute atomic E-state index is 0.0732. The molecule has 0 aliphatic carbocycles. The van der Waals surface area contributed by atoms with Gasteiger partial charge in [-0.05, 0) is 73.4 Å². The Kier molecular flexibility index (Phi) is 8.67. The number of fused-ring (bicyclic) bond motifs is 1. The number of nitrogens with zero attached hydrogens (tertiary/aromatic N) is 1. The summed E-state index contributed by atoms with van der Waals surface area (Å²) in [6.07, 6.45) is 2.64. The number of rotatable bonds is 9. The van der Waals surface area contributed by atoms with Crippen LogP contribution < -0.4 is 15.0 Å². The minimum atomic E-state index is -0.160. The maximum atomic E-state index is 13.8. The first-order chi connectivity index (χ1) is 19.5. The van der Waals surface area contributed by atoms with E-state index in [4.69, 9.17) is 4.74 Å². The van der Waals surface area contributed by atoms with E-state index in [-0.39, 0.29) is 11.8 Å². The molecule has 6 heteroatoms. The monoisotopic (exact) mass is 548 g/mol. The molecule has 4 aromatic rings. The molecule has 1 aliphatic heterocycles. The molecule has 0 atom stereocenters. The van der Waals surface area contributed by atoms with Gasteiger partial charge < -0.3 is 15.0 Å². The van der Waals surface area contributed by atoms with Crippen molar-refractivity contribution < 1.29 is 14.3 Å². The quantitative estimate of drug-likeness (QED) is 0.228. The topological polar surface area (TPSA) is 58.6 Å². The molecule has 202 valence electrons. The number of amides is 2. The number of nitrogens with one attached hydrogen (secondary N) is 1. The van der Waals surface area contributed by atoms with Crippen LogP contribution in [0.25, 0.3) is 6.08 Å². The van der Waals surface area contributed by atoms with Crippen molar-refractivity contribution in [3.63, 3.8) is 0 Å². The van der Waals surface area contributed by atoms with Crippen molar-refractivity contribution >= 4 is 35.3 Å². The van der Waals surface area contributed by atoms with E-state index in [1.165, 1.54) is 11.8 Å². The molecule has 0 saturated heterocycles. The highest BCUT2D eigenvalue weighted by Gasteiger charge is 2.30. The van der Waals surface area contributed by atoms with Gasteiger partial charge in [0.1, 0.15) is 5.75 Å². The molecule has 4 aromatic carbocycles. The Morgan fingerprint density at radius 1 is 0.925 bits per heavy atom. The van der Waals surface area contributed by atoms with Crippen molar-refractivity contribution in [1.82, 2.24) is 5.32 Å². The summed E-state index contributed by atoms with van der Waals surface area (Å²) in [5, 5.41) is 3.03. The Hall–Kier alpha value is -4.29. The first kappa shape index (κ1) is 27.3. The van der Waals surface area contributed by atoms with Gasteiger partial charge in [-0.25, -0.2) is 0 Å². The third kappa shape index (κ3) is 6.64. The number of thioether (sulfide) groups is 1. The molecule has 2 amide bonds. The molecule has 1 aliphatic rings. The molecule has 1 N–H and O–H groups in total. The van der Waals surface area contributed by atoms with Crippen LogP contribution in [0, 0.1) is 6.92 Å². The normalized spacial score (nSPS) is 13.7. The van der Waals surface area contributed by atoms with Crippen LogP contribution in [0.3, 0.4) is 0 Å². The van der Waals surface area contributed by atoms with E-state index >= 15 is 0 Å². The lowest BCUT2D eigenvalue weighted by molar-refractivity contribution is -0.114. The van der Waals surface area contributed by atoms with Crippen molar-refractivity contribution in [3.8, 4) is 5.75 Å². The van der Waals surface area contributed by atoms with Crippen molar-refractivity contribution in [3.05, 3.63) is 130 Å². The fourth-order valence-corrected chi connectivity index (χ4v) is 5.68. The van der Waals surface area contributed by atoms with E-state index in [1.54, 1.807) is 4.90 Å². The second-order valence-electron chi connectivity index (χ2n) is 9.67. The average Bonchev–Trinajstić information content (AvgIpc) is 2.96. The van der Waals surface area contributed by atoms with Crippen LogP contribution in [0.1, 0.15) is 39.5 Å².